The number of hydrogen-bond acceptors (Lipinski definition) is 2. The lowest BCUT2D eigenvalue weighted by atomic mass is 9.81. The summed E-state index contributed by atoms with van der Waals surface area (Å²) < 4.78 is 0. The van der Waals surface area contributed by atoms with E-state index in [1.165, 1.54) is 50.5 Å². The summed E-state index contributed by atoms with van der Waals surface area (Å²) in [6, 6.07) is 0.560. The first-order valence-electron chi connectivity index (χ1n) is 12.1. The highest BCUT2D eigenvalue weighted by atomic mass is 16.3. The average Bonchev–Trinajstić information content (AvgIpc) is 2.81. The van der Waals surface area contributed by atoms with Crippen molar-refractivity contribution in [2.24, 2.45) is 11.8 Å². The largest absolute Gasteiger partial charge is 0.396 e. The molecule has 1 saturated carbocycles. The van der Waals surface area contributed by atoms with Crippen LogP contribution in [0.5, 0.6) is 0 Å². The van der Waals surface area contributed by atoms with Crippen LogP contribution in [0.3, 0.4) is 0 Å². The molecule has 1 fully saturated rings. The van der Waals surface area contributed by atoms with Gasteiger partial charge in [-0.3, -0.25) is 0 Å². The summed E-state index contributed by atoms with van der Waals surface area (Å²) in [7, 11) is 0. The van der Waals surface area contributed by atoms with Gasteiger partial charge in [0.15, 0.2) is 0 Å². The first-order chi connectivity index (χ1) is 14.8. The molecule has 2 aliphatic carbocycles. The molecule has 0 aliphatic heterocycles. The van der Waals surface area contributed by atoms with E-state index in [2.05, 4.69) is 36.7 Å². The zero-order chi connectivity index (χ0) is 22.6. The fraction of sp³-hybridized carbons (Fsp3) is 0.571. The quantitative estimate of drug-likeness (QED) is 0.368. The average molecular weight is 414 g/mol. The zero-order valence-electron chi connectivity index (χ0n) is 20.1. The molecule has 2 nitrogen and oxygen atoms in total. The summed E-state index contributed by atoms with van der Waals surface area (Å²) in [5.41, 5.74) is 2.63. The van der Waals surface area contributed by atoms with E-state index in [0.717, 1.165) is 18.0 Å². The first kappa shape index (κ1) is 28.4. The van der Waals surface area contributed by atoms with Gasteiger partial charge in [-0.2, -0.15) is 0 Å². The van der Waals surface area contributed by atoms with E-state index in [0.29, 0.717) is 6.04 Å². The molecule has 30 heavy (non-hydrogen) atoms. The van der Waals surface area contributed by atoms with Crippen LogP contribution in [-0.2, 0) is 0 Å². The number of aliphatic hydroxyl groups excluding tert-OH is 1. The van der Waals surface area contributed by atoms with E-state index in [1.54, 1.807) is 12.2 Å². The summed E-state index contributed by atoms with van der Waals surface area (Å²) in [6.07, 6.45) is 25.3. The molecule has 2 rings (SSSR count). The van der Waals surface area contributed by atoms with Crippen LogP contribution in [0.4, 0.5) is 0 Å². The Morgan fingerprint density at radius 1 is 1.17 bits per heavy atom. The number of allylic oxidation sites excluding steroid dienone is 9. The van der Waals surface area contributed by atoms with Gasteiger partial charge in [-0.15, -0.1) is 0 Å². The van der Waals surface area contributed by atoms with Crippen LogP contribution in [0, 0.1) is 11.8 Å². The Morgan fingerprint density at radius 3 is 2.53 bits per heavy atom. The van der Waals surface area contributed by atoms with Gasteiger partial charge in [-0.25, -0.2) is 0 Å². The van der Waals surface area contributed by atoms with Crippen molar-refractivity contribution in [2.45, 2.75) is 78.7 Å². The third-order valence-electron chi connectivity index (χ3n) is 5.46. The molecule has 170 valence electrons. The zero-order valence-corrected chi connectivity index (χ0v) is 20.1. The number of hydrogen-bond donors (Lipinski definition) is 2. The maximum Gasteiger partial charge on any atom is 0.0511 e. The van der Waals surface area contributed by atoms with Crippen molar-refractivity contribution in [3.05, 3.63) is 72.9 Å². The predicted molar refractivity (Wildman–Crippen MR) is 136 cm³/mol. The summed E-state index contributed by atoms with van der Waals surface area (Å²) in [5.74, 6) is 0.875. The highest BCUT2D eigenvalue weighted by molar-refractivity contribution is 5.28. The molecule has 2 heteroatoms. The van der Waals surface area contributed by atoms with Crippen molar-refractivity contribution >= 4 is 0 Å². The van der Waals surface area contributed by atoms with Gasteiger partial charge < -0.3 is 10.4 Å². The van der Waals surface area contributed by atoms with E-state index in [-0.39, 0.29) is 12.5 Å². The first-order valence-corrected chi connectivity index (χ1v) is 12.1. The normalized spacial score (nSPS) is 22.2. The van der Waals surface area contributed by atoms with E-state index in [9.17, 15) is 5.11 Å². The SMILES string of the molecule is C=C/C=C\C(=C/C=C)C(CO)CNC1CCCC(CC2=CCCC=C2)C1.CC.CC. The predicted octanol–water partition coefficient (Wildman–Crippen LogP) is 7.32. The Kier molecular flexibility index (Phi) is 18.3. The third kappa shape index (κ3) is 11.5. The van der Waals surface area contributed by atoms with Gasteiger partial charge >= 0.3 is 0 Å². The van der Waals surface area contributed by atoms with Gasteiger partial charge in [-0.1, -0.05) is 108 Å². The van der Waals surface area contributed by atoms with Gasteiger partial charge in [0.1, 0.15) is 0 Å². The minimum absolute atomic E-state index is 0.0913. The summed E-state index contributed by atoms with van der Waals surface area (Å²) in [6.45, 7) is 16.5. The van der Waals surface area contributed by atoms with Gasteiger partial charge in [0, 0.05) is 18.5 Å². The van der Waals surface area contributed by atoms with Crippen LogP contribution >= 0.6 is 0 Å². The molecule has 3 atom stereocenters. The number of rotatable bonds is 10. The molecule has 3 unspecified atom stereocenters. The molecular weight excluding hydrogens is 366 g/mol. The molecule has 0 bridgehead atoms. The van der Waals surface area contributed by atoms with Crippen molar-refractivity contribution in [3.63, 3.8) is 0 Å². The molecule has 0 aromatic heterocycles. The fourth-order valence-electron chi connectivity index (χ4n) is 4.05. The minimum atomic E-state index is 0.0913. The second-order valence-corrected chi connectivity index (χ2v) is 7.48. The molecular formula is C28H47NO. The number of nitrogens with one attached hydrogen (secondary N) is 1. The Labute approximate surface area is 187 Å². The Balaban J connectivity index is 0.00000198. The standard InChI is InChI=1S/C24H35NO.2C2H6/c1-3-5-14-22(10-4-2)23(19-26)18-25-24-15-9-13-21(17-24)16-20-11-7-6-8-12-20;2*1-2/h3-5,7,10-12,14,21,23-26H,1-2,6,8-9,13,15-19H2;2*1-2H3/b14-5-,22-10+;;. The molecule has 0 amide bonds. The van der Waals surface area contributed by atoms with E-state index >= 15 is 0 Å². The molecule has 0 spiro atoms. The molecule has 0 saturated heterocycles. The third-order valence-corrected chi connectivity index (χ3v) is 5.46. The van der Waals surface area contributed by atoms with Crippen LogP contribution in [0.15, 0.2) is 72.9 Å². The lowest BCUT2D eigenvalue weighted by Crippen LogP contribution is -2.38. The van der Waals surface area contributed by atoms with Gasteiger partial charge in [0.05, 0.1) is 6.61 Å². The second kappa shape index (κ2) is 19.3. The molecule has 0 heterocycles. The lowest BCUT2D eigenvalue weighted by Gasteiger charge is -2.31. The molecule has 0 aromatic carbocycles. The van der Waals surface area contributed by atoms with Crippen molar-refractivity contribution in [1.29, 1.82) is 0 Å². The van der Waals surface area contributed by atoms with Crippen LogP contribution in [0.2, 0.25) is 0 Å². The van der Waals surface area contributed by atoms with Crippen LogP contribution in [-0.4, -0.2) is 24.3 Å². The molecule has 0 aromatic rings. The smallest absolute Gasteiger partial charge is 0.0511 e. The van der Waals surface area contributed by atoms with Crippen LogP contribution in [0.25, 0.3) is 0 Å². The highest BCUT2D eigenvalue weighted by Crippen LogP contribution is 2.31. The van der Waals surface area contributed by atoms with E-state index < -0.39 is 0 Å². The Morgan fingerprint density at radius 2 is 1.93 bits per heavy atom. The topological polar surface area (TPSA) is 32.3 Å². The minimum Gasteiger partial charge on any atom is -0.396 e. The van der Waals surface area contributed by atoms with Crippen LogP contribution < -0.4 is 5.32 Å². The summed E-state index contributed by atoms with van der Waals surface area (Å²) in [5, 5.41) is 13.6. The second-order valence-electron chi connectivity index (χ2n) is 7.48. The molecule has 0 radical (unpaired) electrons. The highest BCUT2D eigenvalue weighted by Gasteiger charge is 2.23. The van der Waals surface area contributed by atoms with Gasteiger partial charge in [0.25, 0.3) is 0 Å². The van der Waals surface area contributed by atoms with Crippen molar-refractivity contribution < 1.29 is 5.11 Å². The Hall–Kier alpha value is -1.64. The maximum absolute atomic E-state index is 9.83. The van der Waals surface area contributed by atoms with Crippen molar-refractivity contribution in [3.8, 4) is 0 Å². The number of aliphatic hydroxyl groups is 1. The monoisotopic (exact) mass is 413 g/mol. The maximum atomic E-state index is 9.83. The van der Waals surface area contributed by atoms with Gasteiger partial charge in [0.2, 0.25) is 0 Å². The fourth-order valence-corrected chi connectivity index (χ4v) is 4.05. The Bertz CT molecular complexity index is 567. The van der Waals surface area contributed by atoms with Gasteiger partial charge in [-0.05, 0) is 43.6 Å². The van der Waals surface area contributed by atoms with E-state index in [1.807, 2.05) is 45.9 Å². The molecule has 2 N–H and O–H groups in total. The summed E-state index contributed by atoms with van der Waals surface area (Å²) in [4.78, 5) is 0. The molecule has 2 aliphatic rings. The van der Waals surface area contributed by atoms with Crippen molar-refractivity contribution in [2.75, 3.05) is 13.2 Å². The van der Waals surface area contributed by atoms with Crippen molar-refractivity contribution in [1.82, 2.24) is 5.32 Å². The van der Waals surface area contributed by atoms with Crippen LogP contribution in [0.1, 0.15) is 72.6 Å². The lowest BCUT2D eigenvalue weighted by molar-refractivity contribution is 0.226. The summed E-state index contributed by atoms with van der Waals surface area (Å²) >= 11 is 0. The van der Waals surface area contributed by atoms with E-state index in [4.69, 9.17) is 0 Å².